The Morgan fingerprint density at radius 3 is 2.36 bits per heavy atom. The summed E-state index contributed by atoms with van der Waals surface area (Å²) in [5, 5.41) is 2.60. The van der Waals surface area contributed by atoms with Gasteiger partial charge in [-0.15, -0.1) is 0 Å². The number of nitrogens with one attached hydrogen (secondary N) is 1. The van der Waals surface area contributed by atoms with Gasteiger partial charge in [0.05, 0.1) is 0 Å². The number of aryl methyl sites for hydroxylation is 2. The van der Waals surface area contributed by atoms with Gasteiger partial charge in [-0.3, -0.25) is 0 Å². The summed E-state index contributed by atoms with van der Waals surface area (Å²) in [6.45, 7) is 4.31. The molecule has 0 saturated carbocycles. The number of benzene rings is 3. The van der Waals surface area contributed by atoms with Crippen LogP contribution in [0.5, 0.6) is 0 Å². The number of para-hydroxylation sites is 1. The molecule has 2 heteroatoms. The van der Waals surface area contributed by atoms with Crippen molar-refractivity contribution in [1.29, 1.82) is 0 Å². The van der Waals surface area contributed by atoms with Gasteiger partial charge in [-0.2, -0.15) is 0 Å². The van der Waals surface area contributed by atoms with Crippen molar-refractivity contribution in [2.75, 3.05) is 0 Å². The van der Waals surface area contributed by atoms with E-state index >= 15 is 0 Å². The van der Waals surface area contributed by atoms with E-state index in [1.807, 2.05) is 0 Å². The molecule has 4 rings (SSSR count). The summed E-state index contributed by atoms with van der Waals surface area (Å²) in [5.41, 5.74) is 7.58. The minimum atomic E-state index is 1.20. The van der Waals surface area contributed by atoms with Crippen LogP contribution in [0.3, 0.4) is 0 Å². The van der Waals surface area contributed by atoms with Gasteiger partial charge in [0.15, 0.2) is 0 Å². The molecule has 0 amide bonds. The monoisotopic (exact) mass is 351 g/mol. The maximum atomic E-state index is 3.61. The van der Waals surface area contributed by atoms with Crippen molar-refractivity contribution in [3.8, 4) is 11.1 Å². The Morgan fingerprint density at radius 1 is 0.864 bits per heavy atom. The number of rotatable bonds is 1. The molecule has 0 bridgehead atoms. The van der Waals surface area contributed by atoms with Crippen LogP contribution in [0.4, 0.5) is 0 Å². The summed E-state index contributed by atoms with van der Waals surface area (Å²) in [6, 6.07) is 19.7. The van der Waals surface area contributed by atoms with Crippen LogP contribution in [-0.4, -0.2) is 21.0 Å². The molecule has 0 atom stereocenters. The first-order chi connectivity index (χ1) is 10.6. The zero-order chi connectivity index (χ0) is 15.3. The molecule has 4 aromatic rings. The second kappa shape index (κ2) is 5.01. The summed E-state index contributed by atoms with van der Waals surface area (Å²) in [7, 11) is 0. The molecule has 1 heterocycles. The second-order valence-electron chi connectivity index (χ2n) is 5.93. The third-order valence-electron chi connectivity index (χ3n) is 4.17. The second-order valence-corrected chi connectivity index (χ2v) is 6.94. The van der Waals surface area contributed by atoms with Gasteiger partial charge in [0.25, 0.3) is 0 Å². The molecule has 22 heavy (non-hydrogen) atoms. The molecule has 0 radical (unpaired) electrons. The Balaban J connectivity index is 2.13. The van der Waals surface area contributed by atoms with Gasteiger partial charge in [0.1, 0.15) is 0 Å². The molecule has 3 aromatic carbocycles. The molecule has 0 aliphatic carbocycles. The van der Waals surface area contributed by atoms with Crippen LogP contribution in [-0.2, 0) is 0 Å². The van der Waals surface area contributed by atoms with Crippen LogP contribution in [0.15, 0.2) is 54.6 Å². The van der Waals surface area contributed by atoms with Crippen molar-refractivity contribution < 1.29 is 0 Å². The summed E-state index contributed by atoms with van der Waals surface area (Å²) >= 11 is 2.70. The normalized spacial score (nSPS) is 11.4. The van der Waals surface area contributed by atoms with Gasteiger partial charge in [0.2, 0.25) is 0 Å². The summed E-state index contributed by atoms with van der Waals surface area (Å²) in [5.74, 6) is 0. The molecule has 1 nitrogen and oxygen atoms in total. The van der Waals surface area contributed by atoms with Crippen molar-refractivity contribution >= 4 is 42.3 Å². The van der Waals surface area contributed by atoms with Crippen molar-refractivity contribution in [2.24, 2.45) is 0 Å². The van der Waals surface area contributed by atoms with E-state index in [9.17, 15) is 0 Å². The summed E-state index contributed by atoms with van der Waals surface area (Å²) in [4.78, 5) is 3.61. The van der Waals surface area contributed by atoms with Crippen LogP contribution in [0, 0.1) is 13.8 Å². The SMILES string of the molecule is Cc1cc(C)cc(-c2ccc([SeH])c3c2[nH]c2ccccc23)c1. The van der Waals surface area contributed by atoms with Crippen molar-refractivity contribution in [3.05, 3.63) is 65.7 Å². The van der Waals surface area contributed by atoms with Gasteiger partial charge >= 0.3 is 138 Å². The number of aromatic nitrogens is 1. The van der Waals surface area contributed by atoms with E-state index in [-0.39, 0.29) is 0 Å². The van der Waals surface area contributed by atoms with Crippen LogP contribution < -0.4 is 4.46 Å². The topological polar surface area (TPSA) is 15.8 Å². The number of fused-ring (bicyclic) bond motifs is 3. The molecule has 108 valence electrons. The molecule has 1 aromatic heterocycles. The molecular formula is C20H17NSe. The first-order valence-corrected chi connectivity index (χ1v) is 8.38. The van der Waals surface area contributed by atoms with Crippen LogP contribution in [0.25, 0.3) is 32.9 Å². The number of hydrogen-bond acceptors (Lipinski definition) is 0. The minimum absolute atomic E-state index is 1.20. The molecule has 0 fully saturated rings. The standard InChI is InChI=1S/C20H17NSe/c1-12-9-13(2)11-14(10-12)15-7-8-18(22)19-16-5-3-4-6-17(16)21-20(15)19/h3-11,21-22H,1-2H3. The van der Waals surface area contributed by atoms with E-state index in [2.05, 4.69) is 89.4 Å². The third-order valence-corrected chi connectivity index (χ3v) is 4.95. The molecule has 0 spiro atoms. The average Bonchev–Trinajstić information content (AvgIpc) is 2.86. The van der Waals surface area contributed by atoms with E-state index in [0.717, 1.165) is 0 Å². The molecule has 0 unspecified atom stereocenters. The van der Waals surface area contributed by atoms with E-state index in [4.69, 9.17) is 0 Å². The number of hydrogen-bond donors (Lipinski definition) is 1. The summed E-state index contributed by atoms with van der Waals surface area (Å²) < 4.78 is 1.26. The van der Waals surface area contributed by atoms with Gasteiger partial charge < -0.3 is 0 Å². The zero-order valence-electron chi connectivity index (χ0n) is 12.6. The Kier molecular flexibility index (Phi) is 3.11. The molecule has 0 aliphatic rings. The van der Waals surface area contributed by atoms with E-state index in [0.29, 0.717) is 0 Å². The van der Waals surface area contributed by atoms with E-state index < -0.39 is 0 Å². The third kappa shape index (κ3) is 2.08. The fourth-order valence-electron chi connectivity index (χ4n) is 3.31. The average molecular weight is 350 g/mol. The van der Waals surface area contributed by atoms with E-state index in [1.165, 1.54) is 48.5 Å². The first kappa shape index (κ1) is 13.6. The van der Waals surface area contributed by atoms with Crippen molar-refractivity contribution in [1.82, 2.24) is 4.98 Å². The Hall–Kier alpha value is -2.02. The molecule has 1 N–H and O–H groups in total. The number of aromatic amines is 1. The van der Waals surface area contributed by atoms with Gasteiger partial charge in [-0.25, -0.2) is 0 Å². The maximum absolute atomic E-state index is 3.61. The predicted octanol–water partition coefficient (Wildman–Crippen LogP) is 4.13. The number of H-pyrrole nitrogens is 1. The van der Waals surface area contributed by atoms with Crippen molar-refractivity contribution in [3.63, 3.8) is 0 Å². The Morgan fingerprint density at radius 2 is 1.59 bits per heavy atom. The van der Waals surface area contributed by atoms with Gasteiger partial charge in [-0.1, -0.05) is 0 Å². The fraction of sp³-hybridized carbons (Fsp3) is 0.100. The molecule has 0 aliphatic heterocycles. The quantitative estimate of drug-likeness (QED) is 0.497. The Bertz CT molecular complexity index is 991. The van der Waals surface area contributed by atoms with Crippen molar-refractivity contribution in [2.45, 2.75) is 13.8 Å². The van der Waals surface area contributed by atoms with Crippen LogP contribution >= 0.6 is 0 Å². The first-order valence-electron chi connectivity index (χ1n) is 7.44. The Labute approximate surface area is 138 Å². The molecular weight excluding hydrogens is 333 g/mol. The van der Waals surface area contributed by atoms with E-state index in [1.54, 1.807) is 0 Å². The van der Waals surface area contributed by atoms with Crippen LogP contribution in [0.1, 0.15) is 11.1 Å². The molecule has 0 saturated heterocycles. The van der Waals surface area contributed by atoms with Gasteiger partial charge in [0, 0.05) is 0 Å². The predicted molar refractivity (Wildman–Crippen MR) is 97.5 cm³/mol. The fourth-order valence-corrected chi connectivity index (χ4v) is 3.95. The summed E-state index contributed by atoms with van der Waals surface area (Å²) in [6.07, 6.45) is 0. The zero-order valence-corrected chi connectivity index (χ0v) is 14.5. The van der Waals surface area contributed by atoms with Crippen LogP contribution in [0.2, 0.25) is 0 Å². The van der Waals surface area contributed by atoms with Gasteiger partial charge in [-0.05, 0) is 0 Å².